The van der Waals surface area contributed by atoms with Crippen molar-refractivity contribution in [1.29, 1.82) is 0 Å². The van der Waals surface area contributed by atoms with E-state index in [0.29, 0.717) is 26.3 Å². The van der Waals surface area contributed by atoms with E-state index in [1.165, 1.54) is 4.90 Å². The second-order valence-electron chi connectivity index (χ2n) is 3.84. The predicted octanol–water partition coefficient (Wildman–Crippen LogP) is -1.56. The van der Waals surface area contributed by atoms with Crippen LogP contribution in [0.15, 0.2) is 0 Å². The first kappa shape index (κ1) is 13.4. The molecule has 0 aromatic rings. The maximum Gasteiger partial charge on any atom is 0.248 e. The van der Waals surface area contributed by atoms with Crippen molar-refractivity contribution in [3.63, 3.8) is 0 Å². The van der Waals surface area contributed by atoms with Crippen molar-refractivity contribution < 1.29 is 19.4 Å². The molecule has 0 spiro atoms. The third-order valence-electron chi connectivity index (χ3n) is 2.70. The Morgan fingerprint density at radius 3 is 2.81 bits per heavy atom. The minimum absolute atomic E-state index is 0.0308. The van der Waals surface area contributed by atoms with Gasteiger partial charge in [-0.05, 0) is 0 Å². The van der Waals surface area contributed by atoms with Crippen molar-refractivity contribution in [2.24, 2.45) is 0 Å². The summed E-state index contributed by atoms with van der Waals surface area (Å²) < 4.78 is 9.93. The summed E-state index contributed by atoms with van der Waals surface area (Å²) in [6.07, 6.45) is -0.493. The highest BCUT2D eigenvalue weighted by Gasteiger charge is 2.30. The number of carbonyl (C=O) groups is 1. The van der Waals surface area contributed by atoms with E-state index >= 15 is 0 Å². The number of aliphatic hydroxyl groups excluding tert-OH is 1. The summed E-state index contributed by atoms with van der Waals surface area (Å²) in [5.74, 6) is -0.121. The van der Waals surface area contributed by atoms with Crippen molar-refractivity contribution in [2.75, 3.05) is 47.1 Å². The third-order valence-corrected chi connectivity index (χ3v) is 2.70. The fourth-order valence-corrected chi connectivity index (χ4v) is 1.63. The molecule has 0 saturated carbocycles. The van der Waals surface area contributed by atoms with E-state index in [1.807, 2.05) is 0 Å². The van der Waals surface area contributed by atoms with Crippen LogP contribution in [-0.2, 0) is 14.3 Å². The summed E-state index contributed by atoms with van der Waals surface area (Å²) >= 11 is 0. The molecule has 0 unspecified atom stereocenters. The van der Waals surface area contributed by atoms with Gasteiger partial charge >= 0.3 is 0 Å². The van der Waals surface area contributed by atoms with E-state index in [1.54, 1.807) is 14.2 Å². The zero-order valence-electron chi connectivity index (χ0n) is 9.81. The summed E-state index contributed by atoms with van der Waals surface area (Å²) in [7, 11) is 3.26. The fraction of sp³-hybridized carbons (Fsp3) is 0.900. The lowest BCUT2D eigenvalue weighted by Gasteiger charge is -2.26. The van der Waals surface area contributed by atoms with Gasteiger partial charge in [0, 0.05) is 27.2 Å². The van der Waals surface area contributed by atoms with Gasteiger partial charge in [-0.2, -0.15) is 0 Å². The lowest BCUT2D eigenvalue weighted by atomic mass is 10.2. The number of β-amino-alcohol motifs (C(OH)–C–C–N with tert-alkyl or cyclic N) is 1. The zero-order valence-corrected chi connectivity index (χ0v) is 9.81. The molecule has 1 aliphatic rings. The molecule has 0 aromatic carbocycles. The van der Waals surface area contributed by atoms with E-state index in [2.05, 4.69) is 5.32 Å². The van der Waals surface area contributed by atoms with Crippen LogP contribution in [0.3, 0.4) is 0 Å². The van der Waals surface area contributed by atoms with Crippen LogP contribution < -0.4 is 5.32 Å². The summed E-state index contributed by atoms with van der Waals surface area (Å²) in [5, 5.41) is 12.6. The van der Waals surface area contributed by atoms with Gasteiger partial charge < -0.3 is 24.8 Å². The molecule has 16 heavy (non-hydrogen) atoms. The first-order chi connectivity index (χ1) is 7.66. The highest BCUT2D eigenvalue weighted by atomic mass is 16.5. The number of rotatable bonds is 6. The van der Waals surface area contributed by atoms with Crippen LogP contribution in [-0.4, -0.2) is 75.1 Å². The Kier molecular flexibility index (Phi) is 5.68. The number of hydrogen-bond acceptors (Lipinski definition) is 5. The highest BCUT2D eigenvalue weighted by Crippen LogP contribution is 2.07. The topological polar surface area (TPSA) is 71.0 Å². The standard InChI is InChI=1S/C10H20N2O4/c1-12(8-5-11-6-9(8)13)10(14)7-16-4-3-15-2/h8-9,11,13H,3-7H2,1-2H3/t8-,9-/m1/s1. The van der Waals surface area contributed by atoms with Gasteiger partial charge in [-0.25, -0.2) is 0 Å². The van der Waals surface area contributed by atoms with Crippen LogP contribution in [0.2, 0.25) is 0 Å². The molecule has 0 bridgehead atoms. The molecule has 2 N–H and O–H groups in total. The minimum atomic E-state index is -0.493. The third kappa shape index (κ3) is 3.71. The summed E-state index contributed by atoms with van der Waals surface area (Å²) in [6, 6.07) is -0.154. The van der Waals surface area contributed by atoms with Crippen molar-refractivity contribution in [3.8, 4) is 0 Å². The van der Waals surface area contributed by atoms with E-state index in [0.717, 1.165) is 0 Å². The zero-order chi connectivity index (χ0) is 12.0. The minimum Gasteiger partial charge on any atom is -0.390 e. The Hall–Kier alpha value is -0.690. The number of carbonyl (C=O) groups excluding carboxylic acids is 1. The lowest BCUT2D eigenvalue weighted by Crippen LogP contribution is -2.45. The van der Waals surface area contributed by atoms with Gasteiger partial charge in [0.15, 0.2) is 0 Å². The van der Waals surface area contributed by atoms with E-state index in [9.17, 15) is 9.90 Å². The number of likely N-dealkylation sites (N-methyl/N-ethyl adjacent to an activating group) is 1. The second kappa shape index (κ2) is 6.80. The van der Waals surface area contributed by atoms with Crippen molar-refractivity contribution in [2.45, 2.75) is 12.1 Å². The molecule has 6 heteroatoms. The fourth-order valence-electron chi connectivity index (χ4n) is 1.63. The molecular formula is C10H20N2O4. The average molecular weight is 232 g/mol. The number of ether oxygens (including phenoxy) is 2. The Labute approximate surface area is 95.5 Å². The Morgan fingerprint density at radius 1 is 1.50 bits per heavy atom. The molecule has 6 nitrogen and oxygen atoms in total. The molecule has 0 aromatic heterocycles. The SMILES string of the molecule is COCCOCC(=O)N(C)[C@@H]1CNC[C@H]1O. The van der Waals surface area contributed by atoms with E-state index < -0.39 is 6.10 Å². The van der Waals surface area contributed by atoms with Gasteiger partial charge in [0.05, 0.1) is 25.4 Å². The quantitative estimate of drug-likeness (QED) is 0.542. The molecular weight excluding hydrogens is 212 g/mol. The number of amides is 1. The Bertz CT molecular complexity index is 225. The van der Waals surface area contributed by atoms with Crippen molar-refractivity contribution in [3.05, 3.63) is 0 Å². The van der Waals surface area contributed by atoms with Crippen LogP contribution in [0.25, 0.3) is 0 Å². The molecule has 0 radical (unpaired) electrons. The smallest absolute Gasteiger partial charge is 0.248 e. The number of aliphatic hydroxyl groups is 1. The summed E-state index contributed by atoms with van der Waals surface area (Å²) in [5.41, 5.74) is 0. The van der Waals surface area contributed by atoms with Gasteiger partial charge in [0.1, 0.15) is 6.61 Å². The molecule has 1 rings (SSSR count). The number of methoxy groups -OCH3 is 1. The van der Waals surface area contributed by atoms with Crippen LogP contribution in [0.5, 0.6) is 0 Å². The summed E-state index contributed by atoms with van der Waals surface area (Å²) in [6.45, 7) is 2.07. The predicted molar refractivity (Wildman–Crippen MR) is 58.1 cm³/mol. The van der Waals surface area contributed by atoms with Crippen LogP contribution >= 0.6 is 0 Å². The molecule has 1 fully saturated rings. The average Bonchev–Trinajstić information content (AvgIpc) is 2.69. The van der Waals surface area contributed by atoms with Gasteiger partial charge in [-0.3, -0.25) is 4.79 Å². The molecule has 0 aliphatic carbocycles. The molecule has 2 atom stereocenters. The van der Waals surface area contributed by atoms with Gasteiger partial charge in [0.25, 0.3) is 0 Å². The Balaban J connectivity index is 2.24. The summed E-state index contributed by atoms with van der Waals surface area (Å²) in [4.78, 5) is 13.2. The molecule has 1 saturated heterocycles. The second-order valence-corrected chi connectivity index (χ2v) is 3.84. The maximum atomic E-state index is 11.7. The molecule has 1 amide bonds. The van der Waals surface area contributed by atoms with Gasteiger partial charge in [-0.15, -0.1) is 0 Å². The normalized spacial score (nSPS) is 24.7. The number of hydrogen-bond donors (Lipinski definition) is 2. The van der Waals surface area contributed by atoms with Crippen LogP contribution in [0.4, 0.5) is 0 Å². The van der Waals surface area contributed by atoms with Crippen molar-refractivity contribution in [1.82, 2.24) is 10.2 Å². The first-order valence-corrected chi connectivity index (χ1v) is 5.38. The van der Waals surface area contributed by atoms with Crippen LogP contribution in [0.1, 0.15) is 0 Å². The molecule has 1 aliphatic heterocycles. The number of nitrogens with zero attached hydrogens (tertiary/aromatic N) is 1. The molecule has 94 valence electrons. The highest BCUT2D eigenvalue weighted by molar-refractivity contribution is 5.77. The van der Waals surface area contributed by atoms with E-state index in [-0.39, 0.29) is 18.6 Å². The first-order valence-electron chi connectivity index (χ1n) is 5.38. The Morgan fingerprint density at radius 2 is 2.25 bits per heavy atom. The van der Waals surface area contributed by atoms with Crippen LogP contribution in [0, 0.1) is 0 Å². The number of nitrogens with one attached hydrogen (secondary N) is 1. The van der Waals surface area contributed by atoms with Gasteiger partial charge in [-0.1, -0.05) is 0 Å². The lowest BCUT2D eigenvalue weighted by molar-refractivity contribution is -0.138. The largest absolute Gasteiger partial charge is 0.390 e. The maximum absolute atomic E-state index is 11.7. The van der Waals surface area contributed by atoms with Gasteiger partial charge in [0.2, 0.25) is 5.91 Å². The molecule has 1 heterocycles. The van der Waals surface area contributed by atoms with Crippen molar-refractivity contribution >= 4 is 5.91 Å². The monoisotopic (exact) mass is 232 g/mol. The van der Waals surface area contributed by atoms with E-state index in [4.69, 9.17) is 9.47 Å².